The SMILES string of the molecule is CCN(Cc1cccc(F)c1)C(=O)COC(=O)C1C(C(=O)OC)=C(C)NC(C)=C1C(=O)OC. The van der Waals surface area contributed by atoms with Gasteiger partial charge in [-0.2, -0.15) is 0 Å². The van der Waals surface area contributed by atoms with Gasteiger partial charge in [0.2, 0.25) is 0 Å². The minimum Gasteiger partial charge on any atom is -0.466 e. The van der Waals surface area contributed by atoms with Crippen LogP contribution in [0.1, 0.15) is 26.3 Å². The van der Waals surface area contributed by atoms with Crippen molar-refractivity contribution in [1.29, 1.82) is 0 Å². The lowest BCUT2D eigenvalue weighted by Gasteiger charge is -2.28. The monoisotopic (exact) mass is 462 g/mol. The second-order valence-corrected chi connectivity index (χ2v) is 7.26. The quantitative estimate of drug-likeness (QED) is 0.460. The normalized spacial score (nSPS) is 13.9. The summed E-state index contributed by atoms with van der Waals surface area (Å²) in [6.45, 7) is 4.61. The molecule has 0 saturated carbocycles. The van der Waals surface area contributed by atoms with Crippen molar-refractivity contribution < 1.29 is 37.8 Å². The second kappa shape index (κ2) is 11.3. The van der Waals surface area contributed by atoms with Crippen molar-refractivity contribution in [2.24, 2.45) is 5.92 Å². The van der Waals surface area contributed by atoms with Crippen LogP contribution in [0.3, 0.4) is 0 Å². The number of dihydropyridines is 1. The number of nitrogens with zero attached hydrogens (tertiary/aromatic N) is 1. The largest absolute Gasteiger partial charge is 0.466 e. The maximum Gasteiger partial charge on any atom is 0.336 e. The van der Waals surface area contributed by atoms with Gasteiger partial charge < -0.3 is 24.4 Å². The van der Waals surface area contributed by atoms with E-state index in [0.717, 1.165) is 14.2 Å². The summed E-state index contributed by atoms with van der Waals surface area (Å²) in [4.78, 5) is 51.8. The van der Waals surface area contributed by atoms with Gasteiger partial charge in [0.1, 0.15) is 11.7 Å². The molecule has 1 N–H and O–H groups in total. The molecule has 10 heteroatoms. The van der Waals surface area contributed by atoms with Gasteiger partial charge in [-0.15, -0.1) is 0 Å². The van der Waals surface area contributed by atoms with Gasteiger partial charge in [0.05, 0.1) is 25.4 Å². The molecule has 1 amide bonds. The Hall–Kier alpha value is -3.69. The highest BCUT2D eigenvalue weighted by atomic mass is 19.1. The van der Waals surface area contributed by atoms with Gasteiger partial charge in [-0.25, -0.2) is 14.0 Å². The first-order chi connectivity index (χ1) is 15.6. The van der Waals surface area contributed by atoms with Crippen LogP contribution in [-0.2, 0) is 39.9 Å². The number of benzene rings is 1. The Morgan fingerprint density at radius 1 is 1.03 bits per heavy atom. The predicted molar refractivity (Wildman–Crippen MR) is 115 cm³/mol. The van der Waals surface area contributed by atoms with E-state index in [9.17, 15) is 23.6 Å². The zero-order valence-electron chi connectivity index (χ0n) is 19.2. The third-order valence-corrected chi connectivity index (χ3v) is 5.14. The van der Waals surface area contributed by atoms with Gasteiger partial charge in [0.25, 0.3) is 5.91 Å². The number of likely N-dealkylation sites (N-methyl/N-ethyl adjacent to an activating group) is 1. The number of amides is 1. The molecule has 0 aromatic heterocycles. The van der Waals surface area contributed by atoms with Gasteiger partial charge in [-0.05, 0) is 38.5 Å². The van der Waals surface area contributed by atoms with Gasteiger partial charge in [-0.1, -0.05) is 12.1 Å². The number of hydrogen-bond donors (Lipinski definition) is 1. The van der Waals surface area contributed by atoms with Gasteiger partial charge in [0.15, 0.2) is 6.61 Å². The fraction of sp³-hybridized carbons (Fsp3) is 0.391. The minimum absolute atomic E-state index is 0.118. The van der Waals surface area contributed by atoms with E-state index in [1.165, 1.54) is 23.1 Å². The minimum atomic E-state index is -1.43. The molecular formula is C23H27FN2O7. The third kappa shape index (κ3) is 5.97. The molecule has 9 nitrogen and oxygen atoms in total. The summed E-state index contributed by atoms with van der Waals surface area (Å²) in [5, 5.41) is 2.86. The molecule has 0 radical (unpaired) electrons. The lowest BCUT2D eigenvalue weighted by molar-refractivity contribution is -0.156. The van der Waals surface area contributed by atoms with Crippen LogP contribution in [0.2, 0.25) is 0 Å². The topological polar surface area (TPSA) is 111 Å². The molecule has 0 bridgehead atoms. The molecule has 1 aliphatic heterocycles. The van der Waals surface area contributed by atoms with Crippen LogP contribution in [0.15, 0.2) is 46.8 Å². The molecule has 178 valence electrons. The number of rotatable bonds is 8. The highest BCUT2D eigenvalue weighted by Gasteiger charge is 2.42. The third-order valence-electron chi connectivity index (χ3n) is 5.14. The summed E-state index contributed by atoms with van der Waals surface area (Å²) in [5.74, 6) is -5.02. The molecule has 0 saturated heterocycles. The Kier molecular flexibility index (Phi) is 8.72. The summed E-state index contributed by atoms with van der Waals surface area (Å²) in [6.07, 6.45) is 0. The molecule has 0 aliphatic carbocycles. The lowest BCUT2D eigenvalue weighted by Crippen LogP contribution is -2.39. The van der Waals surface area contributed by atoms with Crippen LogP contribution in [0.25, 0.3) is 0 Å². The molecule has 1 heterocycles. The summed E-state index contributed by atoms with van der Waals surface area (Å²) >= 11 is 0. The van der Waals surface area contributed by atoms with E-state index in [1.54, 1.807) is 26.8 Å². The average Bonchev–Trinajstić information content (AvgIpc) is 2.79. The van der Waals surface area contributed by atoms with E-state index in [4.69, 9.17) is 14.2 Å². The number of ether oxygens (including phenoxy) is 3. The summed E-state index contributed by atoms with van der Waals surface area (Å²) in [7, 11) is 2.28. The summed E-state index contributed by atoms with van der Waals surface area (Å²) in [6, 6.07) is 5.81. The van der Waals surface area contributed by atoms with Gasteiger partial charge >= 0.3 is 17.9 Å². The van der Waals surface area contributed by atoms with E-state index in [-0.39, 0.29) is 17.7 Å². The van der Waals surface area contributed by atoms with Crippen molar-refractivity contribution >= 4 is 23.8 Å². The molecule has 1 aromatic carbocycles. The van der Waals surface area contributed by atoms with Crippen LogP contribution in [0, 0.1) is 11.7 Å². The Morgan fingerprint density at radius 2 is 1.61 bits per heavy atom. The van der Waals surface area contributed by atoms with E-state index >= 15 is 0 Å². The molecule has 0 unspecified atom stereocenters. The maximum absolute atomic E-state index is 13.4. The highest BCUT2D eigenvalue weighted by molar-refractivity contribution is 6.05. The number of carbonyl (C=O) groups is 4. The predicted octanol–water partition coefficient (Wildman–Crippen LogP) is 1.83. The number of hydrogen-bond acceptors (Lipinski definition) is 8. The molecule has 1 aromatic rings. The second-order valence-electron chi connectivity index (χ2n) is 7.26. The van der Waals surface area contributed by atoms with E-state index in [0.29, 0.717) is 23.5 Å². The average molecular weight is 462 g/mol. The van der Waals surface area contributed by atoms with Crippen LogP contribution in [0.4, 0.5) is 4.39 Å². The van der Waals surface area contributed by atoms with Crippen molar-refractivity contribution in [2.75, 3.05) is 27.4 Å². The first-order valence-electron chi connectivity index (χ1n) is 10.2. The fourth-order valence-corrected chi connectivity index (χ4v) is 3.53. The first-order valence-corrected chi connectivity index (χ1v) is 10.2. The molecule has 1 aliphatic rings. The Bertz CT molecular complexity index is 978. The maximum atomic E-state index is 13.4. The first kappa shape index (κ1) is 25.6. The van der Waals surface area contributed by atoms with Crippen LogP contribution >= 0.6 is 0 Å². The van der Waals surface area contributed by atoms with Crippen molar-refractivity contribution in [3.05, 3.63) is 58.2 Å². The Morgan fingerprint density at radius 3 is 2.09 bits per heavy atom. The molecule has 0 fully saturated rings. The van der Waals surface area contributed by atoms with Crippen molar-refractivity contribution in [1.82, 2.24) is 10.2 Å². The molecule has 33 heavy (non-hydrogen) atoms. The number of methoxy groups -OCH3 is 2. The molecule has 2 rings (SSSR count). The van der Waals surface area contributed by atoms with Crippen LogP contribution < -0.4 is 5.32 Å². The Labute approximate surface area is 191 Å². The Balaban J connectivity index is 2.23. The highest BCUT2D eigenvalue weighted by Crippen LogP contribution is 2.32. The fourth-order valence-electron chi connectivity index (χ4n) is 3.53. The standard InChI is InChI=1S/C23H27FN2O7/c1-6-26(11-15-8-7-9-16(24)10-15)17(27)12-33-23(30)20-18(21(28)31-4)13(2)25-14(3)19(20)22(29)32-5/h7-10,20,25H,6,11-12H2,1-5H3. The number of nitrogens with one attached hydrogen (secondary N) is 1. The summed E-state index contributed by atoms with van der Waals surface area (Å²) in [5.41, 5.74) is 0.956. The number of esters is 3. The van der Waals surface area contributed by atoms with Gasteiger partial charge in [-0.3, -0.25) is 9.59 Å². The number of halogens is 1. The van der Waals surface area contributed by atoms with Crippen molar-refractivity contribution in [3.8, 4) is 0 Å². The number of allylic oxidation sites excluding steroid dienone is 2. The molecular weight excluding hydrogens is 435 g/mol. The molecule has 0 atom stereocenters. The van der Waals surface area contributed by atoms with Crippen molar-refractivity contribution in [2.45, 2.75) is 27.3 Å². The smallest absolute Gasteiger partial charge is 0.336 e. The summed E-state index contributed by atoms with van der Waals surface area (Å²) < 4.78 is 28.2. The zero-order chi connectivity index (χ0) is 24.7. The van der Waals surface area contributed by atoms with Gasteiger partial charge in [0, 0.05) is 24.5 Å². The molecule has 0 spiro atoms. The lowest BCUT2D eigenvalue weighted by atomic mass is 9.85. The zero-order valence-corrected chi connectivity index (χ0v) is 19.2. The van der Waals surface area contributed by atoms with Crippen LogP contribution in [0.5, 0.6) is 0 Å². The van der Waals surface area contributed by atoms with Crippen molar-refractivity contribution in [3.63, 3.8) is 0 Å². The number of carbonyl (C=O) groups excluding carboxylic acids is 4. The van der Waals surface area contributed by atoms with E-state index in [2.05, 4.69) is 5.32 Å². The van der Waals surface area contributed by atoms with Crippen LogP contribution in [-0.4, -0.2) is 56.1 Å². The van der Waals surface area contributed by atoms with E-state index < -0.39 is 42.2 Å². The van der Waals surface area contributed by atoms with E-state index in [1.807, 2.05) is 0 Å².